The van der Waals surface area contributed by atoms with Crippen LogP contribution in [0, 0.1) is 19.3 Å². The van der Waals surface area contributed by atoms with E-state index in [1.165, 1.54) is 0 Å². The third-order valence-electron chi connectivity index (χ3n) is 3.64. The van der Waals surface area contributed by atoms with Crippen molar-refractivity contribution in [2.45, 2.75) is 80.4 Å². The Morgan fingerprint density at radius 3 is 2.12 bits per heavy atom. The first-order valence-electron chi connectivity index (χ1n) is 8.46. The molecule has 5 nitrogen and oxygen atoms in total. The molecule has 24 heavy (non-hydrogen) atoms. The number of hydrogen-bond acceptors (Lipinski definition) is 3. The Hall–Kier alpha value is -1.78. The lowest BCUT2D eigenvalue weighted by molar-refractivity contribution is 0.0376. The van der Waals surface area contributed by atoms with Crippen LogP contribution in [-0.4, -0.2) is 28.5 Å². The average Bonchev–Trinajstić information content (AvgIpc) is 2.59. The molecule has 0 aliphatic carbocycles. The predicted molar refractivity (Wildman–Crippen MR) is 96.4 cm³/mol. The molecule has 0 saturated heterocycles. The molecule has 0 saturated carbocycles. The summed E-state index contributed by atoms with van der Waals surface area (Å²) in [7, 11) is 0. The van der Waals surface area contributed by atoms with Crippen LogP contribution in [-0.2, 0) is 4.74 Å². The third kappa shape index (κ3) is 5.39. The average molecular weight is 336 g/mol. The Bertz CT molecular complexity index is 619. The smallest absolute Gasteiger partial charge is 0.340 e. The number of esters is 1. The lowest BCUT2D eigenvalue weighted by Crippen LogP contribution is -2.46. The van der Waals surface area contributed by atoms with Crippen LogP contribution < -0.4 is 5.32 Å². The van der Waals surface area contributed by atoms with E-state index >= 15 is 0 Å². The van der Waals surface area contributed by atoms with Crippen LogP contribution in [0.4, 0.5) is 0 Å². The fraction of sp³-hybridized carbons (Fsp3) is 0.684. The van der Waals surface area contributed by atoms with Crippen LogP contribution in [0.2, 0.25) is 0 Å². The second-order valence-electron chi connectivity index (χ2n) is 8.65. The highest BCUT2D eigenvalue weighted by Crippen LogP contribution is 2.27. The van der Waals surface area contributed by atoms with Gasteiger partial charge in [0.15, 0.2) is 0 Å². The van der Waals surface area contributed by atoms with Gasteiger partial charge in [-0.1, -0.05) is 20.8 Å². The highest BCUT2D eigenvalue weighted by atomic mass is 16.5. The number of nitrogens with one attached hydrogen (secondary N) is 2. The van der Waals surface area contributed by atoms with Gasteiger partial charge < -0.3 is 15.0 Å². The zero-order valence-corrected chi connectivity index (χ0v) is 16.5. The minimum Gasteiger partial charge on any atom is -0.459 e. The number of aromatic nitrogens is 1. The van der Waals surface area contributed by atoms with Crippen LogP contribution in [0.25, 0.3) is 0 Å². The van der Waals surface area contributed by atoms with Crippen molar-refractivity contribution in [1.29, 1.82) is 0 Å². The van der Waals surface area contributed by atoms with Crippen molar-refractivity contribution in [3.63, 3.8) is 0 Å². The second kappa shape index (κ2) is 6.99. The lowest BCUT2D eigenvalue weighted by Gasteiger charge is -2.33. The maximum Gasteiger partial charge on any atom is 0.340 e. The van der Waals surface area contributed by atoms with Crippen LogP contribution in [0.5, 0.6) is 0 Å². The van der Waals surface area contributed by atoms with E-state index in [0.717, 1.165) is 6.42 Å². The summed E-state index contributed by atoms with van der Waals surface area (Å²) >= 11 is 0. The molecular formula is C19H32N2O3. The van der Waals surface area contributed by atoms with Crippen LogP contribution in [0.15, 0.2) is 0 Å². The number of carbonyl (C=O) groups is 2. The van der Waals surface area contributed by atoms with E-state index in [2.05, 4.69) is 31.1 Å². The molecule has 1 aromatic rings. The van der Waals surface area contributed by atoms with Crippen molar-refractivity contribution in [2.75, 3.05) is 0 Å². The minimum atomic E-state index is -0.399. The SMILES string of the molecule is Cc1[nH]c(C(=O)NC(C)(C)CC(C)(C)C)c(C)c1C(=O)OC(C)C. The van der Waals surface area contributed by atoms with E-state index in [9.17, 15) is 9.59 Å². The normalized spacial score (nSPS) is 12.4. The standard InChI is InChI=1S/C19H32N2O3/c1-11(2)24-17(23)14-12(3)15(20-13(14)4)16(22)21-19(8,9)10-18(5,6)7/h11,20H,10H2,1-9H3,(H,21,22). The van der Waals surface area contributed by atoms with Gasteiger partial charge in [-0.2, -0.15) is 0 Å². The zero-order valence-electron chi connectivity index (χ0n) is 16.5. The highest BCUT2D eigenvalue weighted by Gasteiger charge is 2.30. The zero-order chi connectivity index (χ0) is 18.9. The molecule has 0 aromatic carbocycles. The van der Waals surface area contributed by atoms with Gasteiger partial charge in [0.25, 0.3) is 5.91 Å². The number of hydrogen-bond donors (Lipinski definition) is 2. The molecule has 2 N–H and O–H groups in total. The maximum absolute atomic E-state index is 12.7. The van der Waals surface area contributed by atoms with E-state index < -0.39 is 5.97 Å². The Kier molecular flexibility index (Phi) is 5.91. The molecule has 0 fully saturated rings. The van der Waals surface area contributed by atoms with Gasteiger partial charge in [-0.15, -0.1) is 0 Å². The summed E-state index contributed by atoms with van der Waals surface area (Å²) in [4.78, 5) is 28.0. The van der Waals surface area contributed by atoms with Gasteiger partial charge in [0.2, 0.25) is 0 Å². The first kappa shape index (κ1) is 20.3. The summed E-state index contributed by atoms with van der Waals surface area (Å²) in [6.45, 7) is 17.6. The molecule has 0 radical (unpaired) electrons. The largest absolute Gasteiger partial charge is 0.459 e. The molecule has 136 valence electrons. The summed E-state index contributed by atoms with van der Waals surface area (Å²) in [5.74, 6) is -0.599. The molecule has 1 heterocycles. The van der Waals surface area contributed by atoms with Crippen molar-refractivity contribution in [1.82, 2.24) is 10.3 Å². The van der Waals surface area contributed by atoms with E-state index in [0.29, 0.717) is 22.5 Å². The first-order valence-corrected chi connectivity index (χ1v) is 8.46. The van der Waals surface area contributed by atoms with Gasteiger partial charge in [0.05, 0.1) is 11.7 Å². The molecule has 0 atom stereocenters. The molecule has 0 aliphatic rings. The van der Waals surface area contributed by atoms with Crippen LogP contribution in [0.3, 0.4) is 0 Å². The number of aryl methyl sites for hydroxylation is 1. The van der Waals surface area contributed by atoms with Gasteiger partial charge in [-0.05, 0) is 58.9 Å². The molecule has 5 heteroatoms. The summed E-state index contributed by atoms with van der Waals surface area (Å²) in [6, 6.07) is 0. The Morgan fingerprint density at radius 2 is 1.67 bits per heavy atom. The number of rotatable bonds is 5. The van der Waals surface area contributed by atoms with Gasteiger partial charge in [-0.25, -0.2) is 4.79 Å². The van der Waals surface area contributed by atoms with E-state index in [1.807, 2.05) is 13.8 Å². The van der Waals surface area contributed by atoms with Crippen molar-refractivity contribution >= 4 is 11.9 Å². The molecular weight excluding hydrogens is 304 g/mol. The molecule has 1 aromatic heterocycles. The number of carbonyl (C=O) groups excluding carboxylic acids is 2. The van der Waals surface area contributed by atoms with Gasteiger partial charge in [0, 0.05) is 11.2 Å². The van der Waals surface area contributed by atoms with Crippen molar-refractivity contribution in [3.05, 3.63) is 22.5 Å². The fourth-order valence-corrected chi connectivity index (χ4v) is 3.30. The van der Waals surface area contributed by atoms with E-state index in [-0.39, 0.29) is 23.0 Å². The van der Waals surface area contributed by atoms with Crippen molar-refractivity contribution in [2.24, 2.45) is 5.41 Å². The molecule has 0 spiro atoms. The minimum absolute atomic E-state index is 0.101. The van der Waals surface area contributed by atoms with E-state index in [4.69, 9.17) is 4.74 Å². The molecule has 0 unspecified atom stereocenters. The van der Waals surface area contributed by atoms with Gasteiger partial charge in [0.1, 0.15) is 5.69 Å². The number of H-pyrrole nitrogens is 1. The van der Waals surface area contributed by atoms with E-state index in [1.54, 1.807) is 27.7 Å². The highest BCUT2D eigenvalue weighted by molar-refractivity contribution is 6.00. The summed E-state index contributed by atoms with van der Waals surface area (Å²) < 4.78 is 5.27. The number of amides is 1. The monoisotopic (exact) mass is 336 g/mol. The fourth-order valence-electron chi connectivity index (χ4n) is 3.30. The second-order valence-corrected chi connectivity index (χ2v) is 8.65. The Labute approximate surface area is 145 Å². The first-order chi connectivity index (χ1) is 10.7. The topological polar surface area (TPSA) is 71.2 Å². The summed E-state index contributed by atoms with van der Waals surface area (Å²) in [6.07, 6.45) is 0.640. The molecule has 1 amide bonds. The molecule has 1 rings (SSSR count). The van der Waals surface area contributed by atoms with Gasteiger partial charge in [-0.3, -0.25) is 4.79 Å². The summed E-state index contributed by atoms with van der Waals surface area (Å²) in [5.41, 5.74) is 1.90. The predicted octanol–water partition coefficient (Wildman–Crippen LogP) is 4.14. The van der Waals surface area contributed by atoms with Crippen LogP contribution in [0.1, 0.15) is 87.0 Å². The number of ether oxygens (including phenoxy) is 1. The summed E-state index contributed by atoms with van der Waals surface area (Å²) in [5, 5.41) is 3.07. The Balaban J connectivity index is 3.03. The molecule has 0 aliphatic heterocycles. The number of aromatic amines is 1. The lowest BCUT2D eigenvalue weighted by atomic mass is 9.81. The van der Waals surface area contributed by atoms with Gasteiger partial charge >= 0.3 is 5.97 Å². The van der Waals surface area contributed by atoms with Crippen LogP contribution >= 0.6 is 0 Å². The quantitative estimate of drug-likeness (QED) is 0.794. The third-order valence-corrected chi connectivity index (χ3v) is 3.64. The van der Waals surface area contributed by atoms with Crippen molar-refractivity contribution in [3.8, 4) is 0 Å². The maximum atomic E-state index is 12.7. The Morgan fingerprint density at radius 1 is 1.12 bits per heavy atom. The van der Waals surface area contributed by atoms with Crippen molar-refractivity contribution < 1.29 is 14.3 Å². The molecule has 0 bridgehead atoms.